The Morgan fingerprint density at radius 2 is 2.17 bits per heavy atom. The Hall–Kier alpha value is -2.47. The molecule has 0 radical (unpaired) electrons. The van der Waals surface area contributed by atoms with Gasteiger partial charge in [-0.1, -0.05) is 0 Å². The van der Waals surface area contributed by atoms with E-state index >= 15 is 0 Å². The first kappa shape index (κ1) is 20.8. The summed E-state index contributed by atoms with van der Waals surface area (Å²) in [4.78, 5) is 36.3. The van der Waals surface area contributed by atoms with Crippen LogP contribution < -0.4 is 15.4 Å². The maximum atomic E-state index is 13.8. The normalized spacial score (nSPS) is 22.1. The van der Waals surface area contributed by atoms with Gasteiger partial charge in [0.25, 0.3) is 5.56 Å². The molecule has 162 valence electrons. The van der Waals surface area contributed by atoms with Crippen LogP contribution in [0.25, 0.3) is 0 Å². The third kappa shape index (κ3) is 3.93. The number of hydrogen-bond acceptors (Lipinski definition) is 8. The Balaban J connectivity index is 1.76. The van der Waals surface area contributed by atoms with Crippen molar-refractivity contribution in [2.75, 3.05) is 36.1 Å². The molecule has 1 saturated heterocycles. The van der Waals surface area contributed by atoms with Crippen LogP contribution in [0.2, 0.25) is 0 Å². The molecule has 8 nitrogen and oxygen atoms in total. The van der Waals surface area contributed by atoms with Crippen molar-refractivity contribution < 1.29 is 22.7 Å². The predicted octanol–water partition coefficient (Wildman–Crippen LogP) is 1.95. The number of thiazole rings is 1. The number of morpholine rings is 1. The number of fused-ring (bicyclic) bond motifs is 1. The molecule has 2 atom stereocenters. The van der Waals surface area contributed by atoms with E-state index in [1.165, 1.54) is 16.8 Å². The summed E-state index contributed by atoms with van der Waals surface area (Å²) >= 11 is 1.06. The van der Waals surface area contributed by atoms with Crippen molar-refractivity contribution in [2.45, 2.75) is 38.1 Å². The van der Waals surface area contributed by atoms with Crippen LogP contribution in [0.5, 0.6) is 0 Å². The van der Waals surface area contributed by atoms with E-state index in [0.717, 1.165) is 16.2 Å². The molecule has 12 heteroatoms. The van der Waals surface area contributed by atoms with Gasteiger partial charge in [0.2, 0.25) is 11.7 Å². The molecule has 0 N–H and O–H groups in total. The lowest BCUT2D eigenvalue weighted by molar-refractivity contribution is -0.152. The zero-order chi connectivity index (χ0) is 21.5. The standard InChI is InChI=1S/C18H20F3N5O3S/c1-11-10-29-6-5-24(11)14-8-15(28)25-4-2-13(18(19,20)21)26(17(25)23-14)9-12(27)16-22-3-7-30-16/h3,7-8,11,13H,2,4-6,9-10H2,1H3/t11-,13?/m1/s1. The number of aromatic nitrogens is 3. The second-order valence-electron chi connectivity index (χ2n) is 7.26. The molecule has 4 rings (SSSR count). The molecule has 0 bridgehead atoms. The van der Waals surface area contributed by atoms with Crippen molar-refractivity contribution in [2.24, 2.45) is 0 Å². The smallest absolute Gasteiger partial charge is 0.377 e. The molecule has 0 spiro atoms. The van der Waals surface area contributed by atoms with Crippen LogP contribution in [0.15, 0.2) is 22.4 Å². The minimum Gasteiger partial charge on any atom is -0.377 e. The lowest BCUT2D eigenvalue weighted by atomic mass is 10.1. The van der Waals surface area contributed by atoms with E-state index in [1.807, 2.05) is 11.8 Å². The number of carbonyl (C=O) groups excluding carboxylic acids is 1. The quantitative estimate of drug-likeness (QED) is 0.669. The van der Waals surface area contributed by atoms with E-state index in [0.29, 0.717) is 19.8 Å². The Morgan fingerprint density at radius 3 is 2.83 bits per heavy atom. The first-order valence-electron chi connectivity index (χ1n) is 9.48. The van der Waals surface area contributed by atoms with Crippen molar-refractivity contribution in [1.29, 1.82) is 0 Å². The molecule has 2 aromatic heterocycles. The number of anilines is 2. The maximum absolute atomic E-state index is 13.8. The minimum absolute atomic E-state index is 0.0823. The fraction of sp³-hybridized carbons (Fsp3) is 0.556. The third-order valence-corrected chi connectivity index (χ3v) is 6.07. The summed E-state index contributed by atoms with van der Waals surface area (Å²) in [5.74, 6) is -0.404. The molecule has 0 aliphatic carbocycles. The molecule has 2 aliphatic rings. The number of ether oxygens (including phenoxy) is 1. The summed E-state index contributed by atoms with van der Waals surface area (Å²) in [7, 11) is 0. The highest BCUT2D eigenvalue weighted by molar-refractivity contribution is 7.11. The lowest BCUT2D eigenvalue weighted by Crippen LogP contribution is -2.54. The fourth-order valence-electron chi connectivity index (χ4n) is 3.78. The van der Waals surface area contributed by atoms with Crippen LogP contribution >= 0.6 is 11.3 Å². The van der Waals surface area contributed by atoms with Crippen LogP contribution in [-0.4, -0.2) is 64.9 Å². The molecule has 0 aromatic carbocycles. The molecule has 2 aromatic rings. The zero-order valence-corrected chi connectivity index (χ0v) is 16.9. The summed E-state index contributed by atoms with van der Waals surface area (Å²) in [5.41, 5.74) is -0.444. The Morgan fingerprint density at radius 1 is 1.37 bits per heavy atom. The first-order chi connectivity index (χ1) is 14.3. The second-order valence-corrected chi connectivity index (χ2v) is 8.15. The predicted molar refractivity (Wildman–Crippen MR) is 104 cm³/mol. The summed E-state index contributed by atoms with van der Waals surface area (Å²) < 4.78 is 48.0. The van der Waals surface area contributed by atoms with Crippen molar-refractivity contribution in [3.05, 3.63) is 33.0 Å². The number of nitrogens with zero attached hydrogens (tertiary/aromatic N) is 5. The maximum Gasteiger partial charge on any atom is 0.408 e. The SMILES string of the molecule is C[C@@H]1COCCN1c1cc(=O)n2c(n1)N(CC(=O)c1nccs1)C(C(F)(F)F)CC2. The van der Waals surface area contributed by atoms with Gasteiger partial charge in [0.1, 0.15) is 11.9 Å². The van der Waals surface area contributed by atoms with Gasteiger partial charge in [-0.15, -0.1) is 11.3 Å². The van der Waals surface area contributed by atoms with Crippen molar-refractivity contribution in [3.63, 3.8) is 0 Å². The largest absolute Gasteiger partial charge is 0.408 e. The van der Waals surface area contributed by atoms with E-state index < -0.39 is 30.1 Å². The Labute approximate surface area is 173 Å². The topological polar surface area (TPSA) is 80.6 Å². The van der Waals surface area contributed by atoms with Gasteiger partial charge in [-0.2, -0.15) is 18.2 Å². The van der Waals surface area contributed by atoms with Crippen LogP contribution in [0.4, 0.5) is 24.9 Å². The molecule has 0 amide bonds. The number of rotatable bonds is 4. The van der Waals surface area contributed by atoms with Gasteiger partial charge in [0.05, 0.1) is 25.8 Å². The average Bonchev–Trinajstić information content (AvgIpc) is 3.23. The molecule has 4 heterocycles. The Bertz CT molecular complexity index is 978. The monoisotopic (exact) mass is 443 g/mol. The van der Waals surface area contributed by atoms with E-state index in [-0.39, 0.29) is 35.8 Å². The first-order valence-corrected chi connectivity index (χ1v) is 10.4. The number of Topliss-reactive ketones (excluding diaryl/α,β-unsaturated/α-hetero) is 1. The second kappa shape index (κ2) is 7.99. The highest BCUT2D eigenvalue weighted by Gasteiger charge is 2.47. The van der Waals surface area contributed by atoms with Gasteiger partial charge in [-0.05, 0) is 13.3 Å². The van der Waals surface area contributed by atoms with Crippen LogP contribution in [0.1, 0.15) is 23.1 Å². The van der Waals surface area contributed by atoms with Gasteiger partial charge in [0, 0.05) is 30.7 Å². The van der Waals surface area contributed by atoms with Crippen molar-refractivity contribution in [1.82, 2.24) is 14.5 Å². The van der Waals surface area contributed by atoms with E-state index in [2.05, 4.69) is 9.97 Å². The molecule has 2 aliphatic heterocycles. The summed E-state index contributed by atoms with van der Waals surface area (Å²) in [6.07, 6.45) is -3.49. The number of ketones is 1. The zero-order valence-electron chi connectivity index (χ0n) is 16.1. The van der Waals surface area contributed by atoms with Gasteiger partial charge in [-0.3, -0.25) is 14.2 Å². The summed E-state index contributed by atoms with van der Waals surface area (Å²) in [6.45, 7) is 2.54. The van der Waals surface area contributed by atoms with Gasteiger partial charge >= 0.3 is 6.18 Å². The molecular weight excluding hydrogens is 423 g/mol. The lowest BCUT2D eigenvalue weighted by Gasteiger charge is -2.40. The summed E-state index contributed by atoms with van der Waals surface area (Å²) in [6, 6.07) is -0.660. The van der Waals surface area contributed by atoms with Crippen LogP contribution in [-0.2, 0) is 11.3 Å². The highest BCUT2D eigenvalue weighted by Crippen LogP contribution is 2.34. The van der Waals surface area contributed by atoms with E-state index in [9.17, 15) is 22.8 Å². The van der Waals surface area contributed by atoms with Crippen LogP contribution in [0.3, 0.4) is 0 Å². The molecule has 30 heavy (non-hydrogen) atoms. The number of halogens is 3. The molecule has 1 fully saturated rings. The highest BCUT2D eigenvalue weighted by atomic mass is 32.1. The fourth-order valence-corrected chi connectivity index (χ4v) is 4.35. The van der Waals surface area contributed by atoms with Gasteiger partial charge in [0.15, 0.2) is 5.01 Å². The minimum atomic E-state index is -4.58. The number of hydrogen-bond donors (Lipinski definition) is 0. The third-order valence-electron chi connectivity index (χ3n) is 5.26. The summed E-state index contributed by atoms with van der Waals surface area (Å²) in [5, 5.41) is 1.70. The van der Waals surface area contributed by atoms with Gasteiger partial charge < -0.3 is 14.5 Å². The average molecular weight is 443 g/mol. The molecule has 1 unspecified atom stereocenters. The van der Waals surface area contributed by atoms with Crippen molar-refractivity contribution in [3.8, 4) is 0 Å². The molecular formula is C18H20F3N5O3S. The Kier molecular flexibility index (Phi) is 5.53. The van der Waals surface area contributed by atoms with Crippen LogP contribution in [0, 0.1) is 0 Å². The van der Waals surface area contributed by atoms with Gasteiger partial charge in [-0.25, -0.2) is 4.98 Å². The van der Waals surface area contributed by atoms with E-state index in [4.69, 9.17) is 4.74 Å². The molecule has 0 saturated carbocycles. The van der Waals surface area contributed by atoms with Crippen molar-refractivity contribution >= 4 is 28.9 Å². The number of carbonyl (C=O) groups is 1. The number of alkyl halides is 3. The van der Waals surface area contributed by atoms with E-state index in [1.54, 1.807) is 5.38 Å².